The van der Waals surface area contributed by atoms with Crippen LogP contribution in [0.4, 0.5) is 17.6 Å². The number of nitrogens with one attached hydrogen (secondary N) is 1. The molecule has 0 aromatic heterocycles. The highest BCUT2D eigenvalue weighted by atomic mass is 35.5. The third-order valence-electron chi connectivity index (χ3n) is 2.67. The van der Waals surface area contributed by atoms with E-state index in [4.69, 9.17) is 11.6 Å². The zero-order valence-corrected chi connectivity index (χ0v) is 12.5. The molecule has 0 atom stereocenters. The molecule has 2 aromatic carbocycles. The minimum Gasteiger partial charge on any atom is -0.406 e. The maximum Gasteiger partial charge on any atom is 0.573 e. The summed E-state index contributed by atoms with van der Waals surface area (Å²) in [7, 11) is 0. The molecule has 0 aliphatic heterocycles. The molecule has 126 valence electrons. The van der Waals surface area contributed by atoms with Crippen LogP contribution in [-0.4, -0.2) is 18.5 Å². The Balaban J connectivity index is 1.97. The van der Waals surface area contributed by atoms with Gasteiger partial charge >= 0.3 is 6.36 Å². The molecule has 0 bridgehead atoms. The predicted octanol–water partition coefficient (Wildman–Crippen LogP) is 4.14. The largest absolute Gasteiger partial charge is 0.573 e. The van der Waals surface area contributed by atoms with E-state index >= 15 is 0 Å². The van der Waals surface area contributed by atoms with Gasteiger partial charge in [0.2, 0.25) is 0 Å². The summed E-state index contributed by atoms with van der Waals surface area (Å²) in [6.07, 6.45) is -3.61. The summed E-state index contributed by atoms with van der Waals surface area (Å²) in [4.78, 5) is 11.8. The Morgan fingerprint density at radius 2 is 1.83 bits per heavy atom. The number of hydrazone groups is 1. The number of alkyl halides is 3. The minimum atomic E-state index is -4.80. The summed E-state index contributed by atoms with van der Waals surface area (Å²) in [5.41, 5.74) is 2.60. The number of rotatable bonds is 4. The summed E-state index contributed by atoms with van der Waals surface area (Å²) < 4.78 is 53.0. The first-order chi connectivity index (χ1) is 11.2. The van der Waals surface area contributed by atoms with Crippen LogP contribution in [0, 0.1) is 5.82 Å². The molecule has 0 heterocycles. The van der Waals surface area contributed by atoms with Gasteiger partial charge in [-0.3, -0.25) is 4.79 Å². The van der Waals surface area contributed by atoms with Gasteiger partial charge in [-0.15, -0.1) is 13.2 Å². The van der Waals surface area contributed by atoms with Crippen LogP contribution < -0.4 is 10.2 Å². The molecule has 0 spiro atoms. The van der Waals surface area contributed by atoms with Crippen LogP contribution in [0.3, 0.4) is 0 Å². The first kappa shape index (κ1) is 17.7. The lowest BCUT2D eigenvalue weighted by Crippen LogP contribution is -2.19. The van der Waals surface area contributed by atoms with E-state index in [0.29, 0.717) is 5.56 Å². The number of halogens is 5. The Morgan fingerprint density at radius 3 is 2.42 bits per heavy atom. The standard InChI is InChI=1S/C15H9ClF4N2O2/c16-12-6-1-9(7-13(12)17)8-21-22-14(23)10-2-4-11(5-3-10)24-15(18,19)20/h1-8H,(H,22,23). The van der Waals surface area contributed by atoms with Crippen LogP contribution >= 0.6 is 11.6 Å². The van der Waals surface area contributed by atoms with Crippen molar-refractivity contribution < 1.29 is 27.1 Å². The first-order valence-electron chi connectivity index (χ1n) is 6.39. The Hall–Kier alpha value is -2.61. The smallest absolute Gasteiger partial charge is 0.406 e. The van der Waals surface area contributed by atoms with Gasteiger partial charge in [-0.05, 0) is 42.0 Å². The van der Waals surface area contributed by atoms with Crippen LogP contribution in [0.2, 0.25) is 5.02 Å². The Labute approximate surface area is 138 Å². The third-order valence-corrected chi connectivity index (χ3v) is 2.98. The topological polar surface area (TPSA) is 50.7 Å². The number of hydrogen-bond acceptors (Lipinski definition) is 3. The predicted molar refractivity (Wildman–Crippen MR) is 79.6 cm³/mol. The van der Waals surface area contributed by atoms with Gasteiger partial charge in [-0.2, -0.15) is 5.10 Å². The average molecular weight is 361 g/mol. The normalized spacial score (nSPS) is 11.5. The van der Waals surface area contributed by atoms with Crippen molar-refractivity contribution in [2.24, 2.45) is 5.10 Å². The Bertz CT molecular complexity index is 761. The molecule has 0 aliphatic rings. The lowest BCUT2D eigenvalue weighted by molar-refractivity contribution is -0.274. The molecule has 0 unspecified atom stereocenters. The summed E-state index contributed by atoms with van der Waals surface area (Å²) in [5.74, 6) is -1.73. The highest BCUT2D eigenvalue weighted by molar-refractivity contribution is 6.30. The monoisotopic (exact) mass is 360 g/mol. The van der Waals surface area contributed by atoms with E-state index in [1.807, 2.05) is 0 Å². The van der Waals surface area contributed by atoms with Gasteiger partial charge in [0.15, 0.2) is 0 Å². The molecule has 2 aromatic rings. The Morgan fingerprint density at radius 1 is 1.17 bits per heavy atom. The minimum absolute atomic E-state index is 0.0441. The molecule has 24 heavy (non-hydrogen) atoms. The van der Waals surface area contributed by atoms with Crippen molar-refractivity contribution in [1.82, 2.24) is 5.43 Å². The number of benzene rings is 2. The molecule has 1 N–H and O–H groups in total. The number of hydrogen-bond donors (Lipinski definition) is 1. The molecule has 0 saturated carbocycles. The van der Waals surface area contributed by atoms with Crippen molar-refractivity contribution >= 4 is 23.7 Å². The molecular weight excluding hydrogens is 352 g/mol. The quantitative estimate of drug-likeness (QED) is 0.506. The van der Waals surface area contributed by atoms with Gasteiger partial charge in [-0.1, -0.05) is 17.7 Å². The van der Waals surface area contributed by atoms with Crippen LogP contribution in [0.15, 0.2) is 47.6 Å². The number of amides is 1. The summed E-state index contributed by atoms with van der Waals surface area (Å²) in [6.45, 7) is 0. The van der Waals surface area contributed by atoms with Gasteiger partial charge in [-0.25, -0.2) is 9.82 Å². The fraction of sp³-hybridized carbons (Fsp3) is 0.0667. The fourth-order valence-corrected chi connectivity index (χ4v) is 1.75. The molecule has 1 amide bonds. The molecule has 0 saturated heterocycles. The Kier molecular flexibility index (Phi) is 5.40. The number of nitrogens with zero attached hydrogens (tertiary/aromatic N) is 1. The van der Waals surface area contributed by atoms with Crippen molar-refractivity contribution in [3.05, 3.63) is 64.4 Å². The van der Waals surface area contributed by atoms with E-state index in [-0.39, 0.29) is 10.6 Å². The molecule has 4 nitrogen and oxygen atoms in total. The van der Waals surface area contributed by atoms with E-state index in [0.717, 1.165) is 30.3 Å². The second-order valence-corrected chi connectivity index (χ2v) is 4.85. The van der Waals surface area contributed by atoms with E-state index in [1.165, 1.54) is 18.3 Å². The van der Waals surface area contributed by atoms with Crippen LogP contribution in [0.5, 0.6) is 5.75 Å². The summed E-state index contributed by atoms with van der Waals surface area (Å²) >= 11 is 5.53. The number of ether oxygens (including phenoxy) is 1. The zero-order chi connectivity index (χ0) is 17.7. The van der Waals surface area contributed by atoms with E-state index in [9.17, 15) is 22.4 Å². The zero-order valence-electron chi connectivity index (χ0n) is 11.8. The third kappa shape index (κ3) is 5.24. The van der Waals surface area contributed by atoms with Crippen molar-refractivity contribution in [1.29, 1.82) is 0 Å². The molecule has 0 fully saturated rings. The van der Waals surface area contributed by atoms with Gasteiger partial charge in [0.25, 0.3) is 5.91 Å². The van der Waals surface area contributed by atoms with E-state index < -0.39 is 23.8 Å². The van der Waals surface area contributed by atoms with Crippen LogP contribution in [0.1, 0.15) is 15.9 Å². The first-order valence-corrected chi connectivity index (χ1v) is 6.77. The van der Waals surface area contributed by atoms with Crippen molar-refractivity contribution in [3.63, 3.8) is 0 Å². The van der Waals surface area contributed by atoms with Gasteiger partial charge in [0.05, 0.1) is 11.2 Å². The van der Waals surface area contributed by atoms with Crippen molar-refractivity contribution in [2.75, 3.05) is 0 Å². The fourth-order valence-electron chi connectivity index (χ4n) is 1.63. The van der Waals surface area contributed by atoms with Crippen LogP contribution in [0.25, 0.3) is 0 Å². The maximum atomic E-state index is 13.2. The molecular formula is C15H9ClF4N2O2. The maximum absolute atomic E-state index is 13.2. The van der Waals surface area contributed by atoms with E-state index in [2.05, 4.69) is 15.3 Å². The van der Waals surface area contributed by atoms with Crippen molar-refractivity contribution in [2.45, 2.75) is 6.36 Å². The second-order valence-electron chi connectivity index (χ2n) is 4.44. The average Bonchev–Trinajstić information content (AvgIpc) is 2.50. The highest BCUT2D eigenvalue weighted by Crippen LogP contribution is 2.22. The van der Waals surface area contributed by atoms with Gasteiger partial charge < -0.3 is 4.74 Å². The SMILES string of the molecule is O=C(NN=Cc1ccc(Cl)c(F)c1)c1ccc(OC(F)(F)F)cc1. The lowest BCUT2D eigenvalue weighted by atomic mass is 10.2. The van der Waals surface area contributed by atoms with Gasteiger partial charge in [0, 0.05) is 5.56 Å². The van der Waals surface area contributed by atoms with Gasteiger partial charge in [0.1, 0.15) is 11.6 Å². The van der Waals surface area contributed by atoms with E-state index in [1.54, 1.807) is 0 Å². The lowest BCUT2D eigenvalue weighted by Gasteiger charge is -2.08. The molecule has 2 rings (SSSR count). The van der Waals surface area contributed by atoms with Crippen LogP contribution in [-0.2, 0) is 0 Å². The summed E-state index contributed by atoms with van der Waals surface area (Å²) in [5, 5.41) is 3.58. The molecule has 0 aliphatic carbocycles. The highest BCUT2D eigenvalue weighted by Gasteiger charge is 2.31. The second kappa shape index (κ2) is 7.31. The summed E-state index contributed by atoms with van der Waals surface area (Å²) in [6, 6.07) is 8.24. The number of carbonyl (C=O) groups is 1. The molecule has 0 radical (unpaired) electrons. The number of carbonyl (C=O) groups excluding carboxylic acids is 1. The van der Waals surface area contributed by atoms with Crippen molar-refractivity contribution in [3.8, 4) is 5.75 Å². The molecule has 9 heteroatoms.